The van der Waals surface area contributed by atoms with Crippen LogP contribution in [0.15, 0.2) is 36.8 Å². The van der Waals surface area contributed by atoms with E-state index < -0.39 is 0 Å². The zero-order chi connectivity index (χ0) is 19.3. The Morgan fingerprint density at radius 2 is 1.79 bits per heavy atom. The summed E-state index contributed by atoms with van der Waals surface area (Å²) in [5.41, 5.74) is 1.98. The smallest absolute Gasteiger partial charge is 0.223 e. The number of benzene rings is 1. The molecule has 2 aromatic rings. The van der Waals surface area contributed by atoms with E-state index in [9.17, 15) is 9.18 Å². The van der Waals surface area contributed by atoms with Gasteiger partial charge in [-0.05, 0) is 43.4 Å². The second kappa shape index (κ2) is 8.54. The molecule has 1 N–H and O–H groups in total. The lowest BCUT2D eigenvalue weighted by Gasteiger charge is -2.34. The van der Waals surface area contributed by atoms with E-state index in [1.807, 2.05) is 6.20 Å². The topological polar surface area (TPSA) is 61.4 Å². The number of amides is 1. The summed E-state index contributed by atoms with van der Waals surface area (Å²) in [4.78, 5) is 25.9. The molecule has 4 rings (SSSR count). The zero-order valence-electron chi connectivity index (χ0n) is 16.0. The van der Waals surface area contributed by atoms with E-state index in [1.165, 1.54) is 25.0 Å². The van der Waals surface area contributed by atoms with Crippen LogP contribution in [0.1, 0.15) is 31.2 Å². The predicted octanol–water partition coefficient (Wildman–Crippen LogP) is 2.75. The van der Waals surface area contributed by atoms with Gasteiger partial charge in [0, 0.05) is 38.6 Å². The van der Waals surface area contributed by atoms with Crippen LogP contribution in [-0.4, -0.2) is 42.1 Å². The van der Waals surface area contributed by atoms with Gasteiger partial charge in [0.15, 0.2) is 5.82 Å². The molecule has 0 unspecified atom stereocenters. The first-order chi connectivity index (χ1) is 13.7. The highest BCUT2D eigenvalue weighted by Gasteiger charge is 2.28. The maximum Gasteiger partial charge on any atom is 0.223 e. The molecule has 2 aliphatic heterocycles. The number of nitrogens with zero attached hydrogens (tertiary/aromatic N) is 4. The molecule has 2 fully saturated rings. The van der Waals surface area contributed by atoms with Crippen molar-refractivity contribution >= 4 is 17.4 Å². The number of anilines is 2. The van der Waals surface area contributed by atoms with Gasteiger partial charge in [0.2, 0.25) is 5.91 Å². The normalized spacial score (nSPS) is 17.8. The van der Waals surface area contributed by atoms with E-state index in [1.54, 1.807) is 18.5 Å². The Hall–Kier alpha value is -2.70. The van der Waals surface area contributed by atoms with Gasteiger partial charge in [0.05, 0.1) is 11.9 Å². The summed E-state index contributed by atoms with van der Waals surface area (Å²) < 4.78 is 13.0. The van der Waals surface area contributed by atoms with E-state index in [-0.39, 0.29) is 17.6 Å². The Morgan fingerprint density at radius 3 is 2.50 bits per heavy atom. The molecule has 3 heterocycles. The maximum atomic E-state index is 13.0. The van der Waals surface area contributed by atoms with Crippen molar-refractivity contribution in [1.29, 1.82) is 0 Å². The van der Waals surface area contributed by atoms with Crippen LogP contribution in [0.25, 0.3) is 0 Å². The first kappa shape index (κ1) is 18.7. The monoisotopic (exact) mass is 383 g/mol. The highest BCUT2D eigenvalue weighted by atomic mass is 19.1. The summed E-state index contributed by atoms with van der Waals surface area (Å²) in [6.45, 7) is 4.18. The van der Waals surface area contributed by atoms with Crippen molar-refractivity contribution in [1.82, 2.24) is 15.3 Å². The Kier molecular flexibility index (Phi) is 5.69. The third-order valence-electron chi connectivity index (χ3n) is 5.66. The van der Waals surface area contributed by atoms with Gasteiger partial charge in [-0.2, -0.15) is 0 Å². The van der Waals surface area contributed by atoms with Crippen LogP contribution in [0.4, 0.5) is 15.9 Å². The van der Waals surface area contributed by atoms with Gasteiger partial charge < -0.3 is 15.1 Å². The largest absolute Gasteiger partial charge is 0.367 e. The summed E-state index contributed by atoms with van der Waals surface area (Å²) in [6, 6.07) is 6.24. The van der Waals surface area contributed by atoms with Crippen LogP contribution >= 0.6 is 0 Å². The highest BCUT2D eigenvalue weighted by Crippen LogP contribution is 2.31. The van der Waals surface area contributed by atoms with E-state index >= 15 is 0 Å². The molecular weight excluding hydrogens is 357 g/mol. The highest BCUT2D eigenvalue weighted by molar-refractivity contribution is 5.79. The first-order valence-electron chi connectivity index (χ1n) is 10.0. The van der Waals surface area contributed by atoms with Crippen molar-refractivity contribution in [3.63, 3.8) is 0 Å². The zero-order valence-corrected chi connectivity index (χ0v) is 16.0. The summed E-state index contributed by atoms with van der Waals surface area (Å²) in [5, 5.41) is 2.99. The van der Waals surface area contributed by atoms with E-state index in [4.69, 9.17) is 0 Å². The molecule has 2 saturated heterocycles. The molecule has 2 aliphatic rings. The second-order valence-corrected chi connectivity index (χ2v) is 7.53. The molecule has 0 radical (unpaired) electrons. The number of carbonyl (C=O) groups excluding carboxylic acids is 1. The molecule has 7 heteroatoms. The van der Waals surface area contributed by atoms with Crippen molar-refractivity contribution in [3.05, 3.63) is 48.2 Å². The number of rotatable bonds is 5. The number of nitrogens with one attached hydrogen (secondary N) is 1. The minimum absolute atomic E-state index is 0.0107. The lowest BCUT2D eigenvalue weighted by atomic mass is 9.95. The maximum absolute atomic E-state index is 13.0. The lowest BCUT2D eigenvalue weighted by Crippen LogP contribution is -2.41. The molecule has 6 nitrogen and oxygen atoms in total. The van der Waals surface area contributed by atoms with Crippen LogP contribution in [0.2, 0.25) is 0 Å². The van der Waals surface area contributed by atoms with E-state index in [0.717, 1.165) is 56.1 Å². The molecule has 0 spiro atoms. The fourth-order valence-corrected chi connectivity index (χ4v) is 4.03. The van der Waals surface area contributed by atoms with Crippen LogP contribution < -0.4 is 15.1 Å². The summed E-state index contributed by atoms with van der Waals surface area (Å²) >= 11 is 0. The molecular formula is C21H26FN5O. The van der Waals surface area contributed by atoms with Crippen molar-refractivity contribution in [2.45, 2.75) is 32.2 Å². The average molecular weight is 383 g/mol. The Balaban J connectivity index is 1.32. The van der Waals surface area contributed by atoms with Crippen LogP contribution in [0, 0.1) is 11.7 Å². The third-order valence-corrected chi connectivity index (χ3v) is 5.66. The van der Waals surface area contributed by atoms with Gasteiger partial charge >= 0.3 is 0 Å². The Morgan fingerprint density at radius 1 is 1.07 bits per heavy atom. The summed E-state index contributed by atoms with van der Waals surface area (Å²) in [6.07, 6.45) is 7.55. The van der Waals surface area contributed by atoms with Gasteiger partial charge in [-0.25, -0.2) is 14.4 Å². The van der Waals surface area contributed by atoms with Crippen LogP contribution in [0.3, 0.4) is 0 Å². The molecule has 0 atom stereocenters. The first-order valence-corrected chi connectivity index (χ1v) is 10.0. The number of halogens is 1. The van der Waals surface area contributed by atoms with Crippen molar-refractivity contribution in [2.75, 3.05) is 36.0 Å². The van der Waals surface area contributed by atoms with Gasteiger partial charge in [0.1, 0.15) is 12.1 Å². The third kappa shape index (κ3) is 4.24. The summed E-state index contributed by atoms with van der Waals surface area (Å²) in [5.74, 6) is 0.844. The summed E-state index contributed by atoms with van der Waals surface area (Å²) in [7, 11) is 0. The molecule has 0 saturated carbocycles. The standard InChI is InChI=1S/C21H26FN5O/c22-18-5-3-16(4-6-18)13-24-21(28)17-7-11-26(12-8-17)19-14-23-15-25-20(19)27-9-1-2-10-27/h3-6,14-15,17H,1-2,7-13H2,(H,24,28). The van der Waals surface area contributed by atoms with Crippen LogP contribution in [0.5, 0.6) is 0 Å². The SMILES string of the molecule is O=C(NCc1ccc(F)cc1)C1CCN(c2cncnc2N2CCCC2)CC1. The molecule has 1 aromatic heterocycles. The fourth-order valence-electron chi connectivity index (χ4n) is 4.03. The van der Waals surface area contributed by atoms with Crippen LogP contribution in [-0.2, 0) is 11.3 Å². The van der Waals surface area contributed by atoms with Gasteiger partial charge in [-0.3, -0.25) is 4.79 Å². The Bertz CT molecular complexity index is 799. The molecule has 1 aromatic carbocycles. The minimum atomic E-state index is -0.263. The molecule has 0 bridgehead atoms. The average Bonchev–Trinajstić information content (AvgIpc) is 3.28. The number of aromatic nitrogens is 2. The van der Waals surface area contributed by atoms with Gasteiger partial charge in [0.25, 0.3) is 0 Å². The van der Waals surface area contributed by atoms with Crippen molar-refractivity contribution in [2.24, 2.45) is 5.92 Å². The lowest BCUT2D eigenvalue weighted by molar-refractivity contribution is -0.125. The fraction of sp³-hybridized carbons (Fsp3) is 0.476. The molecule has 148 valence electrons. The number of carbonyl (C=O) groups is 1. The van der Waals surface area contributed by atoms with E-state index in [0.29, 0.717) is 6.54 Å². The van der Waals surface area contributed by atoms with E-state index in [2.05, 4.69) is 25.1 Å². The molecule has 0 aliphatic carbocycles. The molecule has 1 amide bonds. The number of piperidine rings is 1. The molecule has 28 heavy (non-hydrogen) atoms. The number of hydrogen-bond donors (Lipinski definition) is 1. The Labute approximate surface area is 164 Å². The minimum Gasteiger partial charge on any atom is -0.367 e. The van der Waals surface area contributed by atoms with Crippen molar-refractivity contribution in [3.8, 4) is 0 Å². The number of hydrogen-bond acceptors (Lipinski definition) is 5. The predicted molar refractivity (Wildman–Crippen MR) is 107 cm³/mol. The van der Waals surface area contributed by atoms with Crippen molar-refractivity contribution < 1.29 is 9.18 Å². The second-order valence-electron chi connectivity index (χ2n) is 7.53. The van der Waals surface area contributed by atoms with Gasteiger partial charge in [-0.15, -0.1) is 0 Å². The van der Waals surface area contributed by atoms with Gasteiger partial charge in [-0.1, -0.05) is 12.1 Å². The quantitative estimate of drug-likeness (QED) is 0.860.